The van der Waals surface area contributed by atoms with Crippen molar-refractivity contribution in [1.29, 1.82) is 0 Å². The van der Waals surface area contributed by atoms with Crippen molar-refractivity contribution in [2.45, 2.75) is 38.3 Å². The Balaban J connectivity index is 1.89. The first-order chi connectivity index (χ1) is 9.60. The minimum Gasteiger partial charge on any atom is -0.496 e. The highest BCUT2D eigenvalue weighted by atomic mass is 16.5. The van der Waals surface area contributed by atoms with Crippen molar-refractivity contribution in [2.75, 3.05) is 20.7 Å². The molecule has 0 spiro atoms. The van der Waals surface area contributed by atoms with E-state index in [1.54, 1.807) is 7.11 Å². The fourth-order valence-corrected chi connectivity index (χ4v) is 2.81. The number of methoxy groups -OCH3 is 1. The maximum atomic E-state index is 11.5. The van der Waals surface area contributed by atoms with E-state index in [4.69, 9.17) is 4.74 Å². The van der Waals surface area contributed by atoms with Crippen molar-refractivity contribution in [1.82, 2.24) is 10.2 Å². The first-order valence-corrected chi connectivity index (χ1v) is 7.22. The van der Waals surface area contributed by atoms with Gasteiger partial charge >= 0.3 is 0 Å². The van der Waals surface area contributed by atoms with Crippen LogP contribution in [0.15, 0.2) is 24.3 Å². The first-order valence-electron chi connectivity index (χ1n) is 7.22. The fourth-order valence-electron chi connectivity index (χ4n) is 2.81. The van der Waals surface area contributed by atoms with Gasteiger partial charge in [-0.1, -0.05) is 18.2 Å². The zero-order valence-corrected chi connectivity index (χ0v) is 12.6. The number of rotatable bonds is 5. The van der Waals surface area contributed by atoms with E-state index in [0.717, 1.165) is 25.1 Å². The highest BCUT2D eigenvalue weighted by Crippen LogP contribution is 2.19. The second-order valence-corrected chi connectivity index (χ2v) is 5.59. The fraction of sp³-hybridized carbons (Fsp3) is 0.562. The second kappa shape index (κ2) is 6.75. The Hall–Kier alpha value is -1.55. The number of ether oxygens (including phenoxy) is 1. The summed E-state index contributed by atoms with van der Waals surface area (Å²) in [7, 11) is 3.58. The predicted octanol–water partition coefficient (Wildman–Crippen LogP) is 1.84. The summed E-state index contributed by atoms with van der Waals surface area (Å²) in [6.45, 7) is 2.98. The average molecular weight is 276 g/mol. The van der Waals surface area contributed by atoms with Crippen LogP contribution in [0.5, 0.6) is 5.75 Å². The van der Waals surface area contributed by atoms with Crippen LogP contribution in [0.3, 0.4) is 0 Å². The third-order valence-electron chi connectivity index (χ3n) is 3.87. The van der Waals surface area contributed by atoms with Gasteiger partial charge in [-0.05, 0) is 31.4 Å². The van der Waals surface area contributed by atoms with E-state index in [2.05, 4.69) is 18.3 Å². The molecule has 1 aliphatic rings. The highest BCUT2D eigenvalue weighted by molar-refractivity contribution is 5.76. The molecule has 4 nitrogen and oxygen atoms in total. The van der Waals surface area contributed by atoms with Crippen molar-refractivity contribution in [3.05, 3.63) is 29.8 Å². The molecule has 1 amide bonds. The van der Waals surface area contributed by atoms with Gasteiger partial charge < -0.3 is 15.0 Å². The van der Waals surface area contributed by atoms with Crippen molar-refractivity contribution in [3.8, 4) is 5.75 Å². The number of benzene rings is 1. The van der Waals surface area contributed by atoms with Crippen LogP contribution in [0, 0.1) is 0 Å². The quantitative estimate of drug-likeness (QED) is 0.892. The predicted molar refractivity (Wildman–Crippen MR) is 80.0 cm³/mol. The number of likely N-dealkylation sites (N-methyl/N-ethyl adjacent to an activating group) is 1. The second-order valence-electron chi connectivity index (χ2n) is 5.59. The van der Waals surface area contributed by atoms with E-state index >= 15 is 0 Å². The van der Waals surface area contributed by atoms with Crippen LogP contribution < -0.4 is 10.1 Å². The van der Waals surface area contributed by atoms with Crippen LogP contribution in [-0.4, -0.2) is 43.6 Å². The normalized spacial score (nSPS) is 20.9. The third-order valence-corrected chi connectivity index (χ3v) is 3.87. The maximum Gasteiger partial charge on any atom is 0.222 e. The van der Waals surface area contributed by atoms with Crippen molar-refractivity contribution >= 4 is 5.91 Å². The summed E-state index contributed by atoms with van der Waals surface area (Å²) < 4.78 is 5.39. The molecule has 1 N–H and O–H groups in total. The lowest BCUT2D eigenvalue weighted by Gasteiger charge is -2.32. The van der Waals surface area contributed by atoms with Gasteiger partial charge in [0.2, 0.25) is 5.91 Å². The Morgan fingerprint density at radius 2 is 2.20 bits per heavy atom. The van der Waals surface area contributed by atoms with Gasteiger partial charge in [0.1, 0.15) is 5.75 Å². The lowest BCUT2D eigenvalue weighted by Crippen LogP contribution is -2.49. The van der Waals surface area contributed by atoms with Crippen LogP contribution in [0.4, 0.5) is 0 Å². The summed E-state index contributed by atoms with van der Waals surface area (Å²) in [5.41, 5.74) is 1.22. The van der Waals surface area contributed by atoms with Crippen molar-refractivity contribution < 1.29 is 9.53 Å². The summed E-state index contributed by atoms with van der Waals surface area (Å²) in [6, 6.07) is 8.88. The van der Waals surface area contributed by atoms with Gasteiger partial charge in [-0.3, -0.25) is 4.79 Å². The number of carbonyl (C=O) groups is 1. The standard InChI is InChI=1S/C16H24N2O2/c1-12(10-13-6-4-5-7-15(13)20-3)17-14-8-9-16(19)18(2)11-14/h4-7,12,14,17H,8-11H2,1-3H3. The van der Waals surface area contributed by atoms with Gasteiger partial charge in [0.15, 0.2) is 0 Å². The number of likely N-dealkylation sites (tertiary alicyclic amines) is 1. The van der Waals surface area contributed by atoms with E-state index in [0.29, 0.717) is 18.5 Å². The third kappa shape index (κ3) is 3.73. The number of hydrogen-bond acceptors (Lipinski definition) is 3. The Bertz CT molecular complexity index is 462. The van der Waals surface area contributed by atoms with Crippen LogP contribution in [0.2, 0.25) is 0 Å². The molecule has 1 heterocycles. The van der Waals surface area contributed by atoms with E-state index in [9.17, 15) is 4.79 Å². The molecule has 20 heavy (non-hydrogen) atoms. The molecular formula is C16H24N2O2. The van der Waals surface area contributed by atoms with Crippen LogP contribution in [0.25, 0.3) is 0 Å². The molecule has 0 radical (unpaired) electrons. The van der Waals surface area contributed by atoms with Gasteiger partial charge in [0, 0.05) is 32.1 Å². The average Bonchev–Trinajstić information content (AvgIpc) is 2.43. The Kier molecular flexibility index (Phi) is 5.01. The van der Waals surface area contributed by atoms with E-state index in [-0.39, 0.29) is 5.91 Å². The van der Waals surface area contributed by atoms with Crippen molar-refractivity contribution in [2.24, 2.45) is 0 Å². The molecule has 110 valence electrons. The molecule has 0 aliphatic carbocycles. The number of nitrogens with zero attached hydrogens (tertiary/aromatic N) is 1. The summed E-state index contributed by atoms with van der Waals surface area (Å²) in [4.78, 5) is 13.3. The summed E-state index contributed by atoms with van der Waals surface area (Å²) >= 11 is 0. The van der Waals surface area contributed by atoms with Gasteiger partial charge in [-0.25, -0.2) is 0 Å². The topological polar surface area (TPSA) is 41.6 Å². The number of hydrogen-bond donors (Lipinski definition) is 1. The van der Waals surface area contributed by atoms with Gasteiger partial charge in [0.25, 0.3) is 0 Å². The lowest BCUT2D eigenvalue weighted by molar-refractivity contribution is -0.132. The van der Waals surface area contributed by atoms with Gasteiger partial charge in [0.05, 0.1) is 7.11 Å². The van der Waals surface area contributed by atoms with Gasteiger partial charge in [-0.2, -0.15) is 0 Å². The Labute approximate surface area is 121 Å². The Morgan fingerprint density at radius 1 is 1.45 bits per heavy atom. The Morgan fingerprint density at radius 3 is 2.90 bits per heavy atom. The maximum absolute atomic E-state index is 11.5. The van der Waals surface area contributed by atoms with E-state index < -0.39 is 0 Å². The van der Waals surface area contributed by atoms with Crippen molar-refractivity contribution in [3.63, 3.8) is 0 Å². The number of nitrogens with one attached hydrogen (secondary N) is 1. The molecule has 1 aliphatic heterocycles. The largest absolute Gasteiger partial charge is 0.496 e. The lowest BCUT2D eigenvalue weighted by atomic mass is 10.0. The molecule has 1 aromatic rings. The monoisotopic (exact) mass is 276 g/mol. The van der Waals surface area contributed by atoms with E-state index in [1.165, 1.54) is 5.56 Å². The highest BCUT2D eigenvalue weighted by Gasteiger charge is 2.23. The smallest absolute Gasteiger partial charge is 0.222 e. The molecule has 0 aromatic heterocycles. The molecular weight excluding hydrogens is 252 g/mol. The minimum absolute atomic E-state index is 0.250. The molecule has 4 heteroatoms. The molecule has 0 saturated carbocycles. The van der Waals surface area contributed by atoms with E-state index in [1.807, 2.05) is 30.1 Å². The summed E-state index contributed by atoms with van der Waals surface area (Å²) in [5.74, 6) is 1.19. The molecule has 2 unspecified atom stereocenters. The molecule has 2 atom stereocenters. The molecule has 1 aromatic carbocycles. The minimum atomic E-state index is 0.250. The zero-order valence-electron chi connectivity index (χ0n) is 12.6. The van der Waals surface area contributed by atoms with Crippen LogP contribution >= 0.6 is 0 Å². The summed E-state index contributed by atoms with van der Waals surface area (Å²) in [6.07, 6.45) is 2.51. The zero-order chi connectivity index (χ0) is 14.5. The first kappa shape index (κ1) is 14.9. The molecule has 1 saturated heterocycles. The van der Waals surface area contributed by atoms with Crippen LogP contribution in [-0.2, 0) is 11.2 Å². The molecule has 2 rings (SSSR count). The number of amides is 1. The number of carbonyl (C=O) groups excluding carboxylic acids is 1. The SMILES string of the molecule is COc1ccccc1CC(C)NC1CCC(=O)N(C)C1. The van der Waals surface area contributed by atoms with Gasteiger partial charge in [-0.15, -0.1) is 0 Å². The molecule has 0 bridgehead atoms. The number of para-hydroxylation sites is 1. The number of piperidine rings is 1. The van der Waals surface area contributed by atoms with Crippen LogP contribution in [0.1, 0.15) is 25.3 Å². The summed E-state index contributed by atoms with van der Waals surface area (Å²) in [5, 5.41) is 3.62. The molecule has 1 fully saturated rings.